The molecule has 2 aliphatic heterocycles. The van der Waals surface area contributed by atoms with Gasteiger partial charge in [0.05, 0.1) is 0 Å². The molecule has 2 heteroatoms. The molecule has 0 aliphatic carbocycles. The van der Waals surface area contributed by atoms with E-state index in [1.807, 2.05) is 0 Å². The van der Waals surface area contributed by atoms with Gasteiger partial charge >= 0.3 is 0 Å². The van der Waals surface area contributed by atoms with Gasteiger partial charge in [0.2, 0.25) is 0 Å². The zero-order chi connectivity index (χ0) is 32.2. The molecule has 3 unspecified atom stereocenters. The lowest BCUT2D eigenvalue weighted by Crippen LogP contribution is -2.43. The Hall–Kier alpha value is -4.82. The van der Waals surface area contributed by atoms with Gasteiger partial charge in [-0.2, -0.15) is 0 Å². The quantitative estimate of drug-likeness (QED) is 0.177. The van der Waals surface area contributed by atoms with Gasteiger partial charge in [-0.1, -0.05) is 134 Å². The summed E-state index contributed by atoms with van der Waals surface area (Å²) >= 11 is 0. The van der Waals surface area contributed by atoms with Gasteiger partial charge in [-0.05, 0) is 88.5 Å². The van der Waals surface area contributed by atoms with Crippen LogP contribution < -0.4 is 9.80 Å². The third kappa shape index (κ3) is 4.76. The molecule has 6 aromatic carbocycles. The third-order valence-corrected chi connectivity index (χ3v) is 11.4. The minimum atomic E-state index is -0.139. The predicted molar refractivity (Wildman–Crippen MR) is 201 cm³/mol. The molecule has 0 radical (unpaired) electrons. The molecule has 0 fully saturated rings. The Bertz CT molecular complexity index is 2110. The topological polar surface area (TPSA) is 6.48 Å². The summed E-state index contributed by atoms with van der Waals surface area (Å²) < 4.78 is 0. The molecule has 0 saturated heterocycles. The molecule has 2 nitrogen and oxygen atoms in total. The summed E-state index contributed by atoms with van der Waals surface area (Å²) in [6.45, 7) is 5.00. The number of anilines is 2. The van der Waals surface area contributed by atoms with Crippen molar-refractivity contribution in [1.29, 1.82) is 0 Å². The number of nitrogens with zero attached hydrogens (tertiary/aromatic N) is 2. The van der Waals surface area contributed by atoms with Gasteiger partial charge in [0.15, 0.2) is 0 Å². The Balaban J connectivity index is 1.19. The molecule has 2 heterocycles. The fourth-order valence-electron chi connectivity index (χ4n) is 9.32. The molecule has 0 saturated carbocycles. The molecule has 47 heavy (non-hydrogen) atoms. The molecule has 0 bridgehead atoms. The molecule has 234 valence electrons. The van der Waals surface area contributed by atoms with E-state index in [4.69, 9.17) is 0 Å². The largest absolute Gasteiger partial charge is 0.370 e. The van der Waals surface area contributed by atoms with E-state index < -0.39 is 0 Å². The molecule has 8 rings (SSSR count). The first-order valence-corrected chi connectivity index (χ1v) is 17.2. The number of likely N-dealkylation sites (N-methyl/N-ethyl adjacent to an activating group) is 2. The summed E-state index contributed by atoms with van der Waals surface area (Å²) in [5, 5.41) is 5.40. The summed E-state index contributed by atoms with van der Waals surface area (Å²) in [5.74, 6) is 0. The Labute approximate surface area is 280 Å². The Morgan fingerprint density at radius 1 is 0.574 bits per heavy atom. The second-order valence-corrected chi connectivity index (χ2v) is 14.3. The monoisotopic (exact) mass is 612 g/mol. The zero-order valence-electron chi connectivity index (χ0n) is 28.1. The van der Waals surface area contributed by atoms with E-state index in [0.29, 0.717) is 6.04 Å². The summed E-state index contributed by atoms with van der Waals surface area (Å²) in [5.41, 5.74) is 9.71. The van der Waals surface area contributed by atoms with Crippen molar-refractivity contribution < 1.29 is 0 Å². The van der Waals surface area contributed by atoms with Crippen LogP contribution in [0.1, 0.15) is 48.9 Å². The number of hydrogen-bond acceptors (Lipinski definition) is 2. The first kappa shape index (κ1) is 29.6. The second kappa shape index (κ2) is 11.5. The molecular formula is C45H44N2. The molecule has 6 aromatic rings. The van der Waals surface area contributed by atoms with Crippen molar-refractivity contribution >= 4 is 32.9 Å². The van der Waals surface area contributed by atoms with Crippen LogP contribution in [-0.2, 0) is 23.7 Å². The summed E-state index contributed by atoms with van der Waals surface area (Å²) in [4.78, 5) is 5.07. The van der Waals surface area contributed by atoms with E-state index in [1.165, 1.54) is 60.9 Å². The minimum Gasteiger partial charge on any atom is -0.370 e. The Kier molecular flexibility index (Phi) is 7.21. The predicted octanol–water partition coefficient (Wildman–Crippen LogP) is 10.6. The standard InChI is InChI=1S/C45H44N2/c1-44(30-32-16-7-5-8-17-32)40(46(3)38-28-26-34-20-11-13-22-36(34)42(38)44)24-15-25-41-45(2,31-33-18-9-6-10-19-33)43-37-23-14-12-21-35(37)27-29-39(43)47(41)4/h5-14,16-24,26-29,41H,15,25,30-31H2,1-4H3. The van der Waals surface area contributed by atoms with Crippen LogP contribution in [0.15, 0.2) is 145 Å². The highest BCUT2D eigenvalue weighted by Crippen LogP contribution is 2.53. The fourth-order valence-corrected chi connectivity index (χ4v) is 9.32. The third-order valence-electron chi connectivity index (χ3n) is 11.4. The van der Waals surface area contributed by atoms with Gasteiger partial charge in [-0.25, -0.2) is 0 Å². The smallest absolute Gasteiger partial charge is 0.0454 e. The van der Waals surface area contributed by atoms with Crippen LogP contribution in [0.25, 0.3) is 21.5 Å². The van der Waals surface area contributed by atoms with Crippen molar-refractivity contribution in [3.8, 4) is 0 Å². The van der Waals surface area contributed by atoms with Crippen LogP contribution in [0.3, 0.4) is 0 Å². The maximum absolute atomic E-state index is 2.59. The van der Waals surface area contributed by atoms with E-state index in [9.17, 15) is 0 Å². The van der Waals surface area contributed by atoms with E-state index in [0.717, 1.165) is 25.7 Å². The van der Waals surface area contributed by atoms with Gasteiger partial charge in [0, 0.05) is 48.0 Å². The van der Waals surface area contributed by atoms with Gasteiger partial charge in [-0.15, -0.1) is 0 Å². The summed E-state index contributed by atoms with van der Waals surface area (Å²) in [6, 6.07) is 49.7. The Morgan fingerprint density at radius 3 is 1.74 bits per heavy atom. The van der Waals surface area contributed by atoms with E-state index in [1.54, 1.807) is 0 Å². The van der Waals surface area contributed by atoms with Crippen LogP contribution >= 0.6 is 0 Å². The molecule has 3 atom stereocenters. The number of hydrogen-bond donors (Lipinski definition) is 0. The number of benzene rings is 6. The average Bonchev–Trinajstić information content (AvgIpc) is 3.44. The number of allylic oxidation sites excluding steroid dienone is 2. The molecule has 0 spiro atoms. The zero-order valence-corrected chi connectivity index (χ0v) is 28.1. The molecular weight excluding hydrogens is 569 g/mol. The molecule has 0 N–H and O–H groups in total. The molecule has 0 aromatic heterocycles. The minimum absolute atomic E-state index is 0.0289. The van der Waals surface area contributed by atoms with E-state index >= 15 is 0 Å². The SMILES string of the molecule is CN1C(=CCCC2N(C)c3ccc4ccccc4c3C2(C)Cc2ccccc2)C(C)(Cc2ccccc2)c2c1ccc1ccccc21. The van der Waals surface area contributed by atoms with Gasteiger partial charge in [-0.3, -0.25) is 0 Å². The second-order valence-electron chi connectivity index (χ2n) is 14.3. The van der Waals surface area contributed by atoms with Crippen molar-refractivity contribution in [2.75, 3.05) is 23.9 Å². The van der Waals surface area contributed by atoms with Crippen molar-refractivity contribution in [3.63, 3.8) is 0 Å². The maximum atomic E-state index is 2.59. The lowest BCUT2D eigenvalue weighted by atomic mass is 9.71. The van der Waals surface area contributed by atoms with Crippen LogP contribution in [0, 0.1) is 0 Å². The van der Waals surface area contributed by atoms with Crippen molar-refractivity contribution in [1.82, 2.24) is 0 Å². The molecule has 2 aliphatic rings. The van der Waals surface area contributed by atoms with Crippen LogP contribution in [0.4, 0.5) is 11.4 Å². The van der Waals surface area contributed by atoms with E-state index in [-0.39, 0.29) is 10.8 Å². The van der Waals surface area contributed by atoms with Crippen molar-refractivity contribution in [2.45, 2.75) is 56.4 Å². The van der Waals surface area contributed by atoms with E-state index in [2.05, 4.69) is 177 Å². The summed E-state index contributed by atoms with van der Waals surface area (Å²) in [6.07, 6.45) is 6.66. The maximum Gasteiger partial charge on any atom is 0.0454 e. The van der Waals surface area contributed by atoms with Crippen LogP contribution in [0.2, 0.25) is 0 Å². The normalized spacial score (nSPS) is 22.7. The highest BCUT2D eigenvalue weighted by atomic mass is 15.2. The van der Waals surface area contributed by atoms with Gasteiger partial charge < -0.3 is 9.80 Å². The number of fused-ring (bicyclic) bond motifs is 6. The van der Waals surface area contributed by atoms with Gasteiger partial charge in [0.25, 0.3) is 0 Å². The number of rotatable bonds is 7. The lowest BCUT2D eigenvalue weighted by Gasteiger charge is -2.36. The van der Waals surface area contributed by atoms with Crippen LogP contribution in [-0.4, -0.2) is 20.1 Å². The highest BCUT2D eigenvalue weighted by molar-refractivity contribution is 5.95. The van der Waals surface area contributed by atoms with Crippen molar-refractivity contribution in [2.24, 2.45) is 0 Å². The Morgan fingerprint density at radius 2 is 1.11 bits per heavy atom. The lowest BCUT2D eigenvalue weighted by molar-refractivity contribution is 0.373. The fraction of sp³-hybridized carbons (Fsp3) is 0.244. The van der Waals surface area contributed by atoms with Crippen LogP contribution in [0.5, 0.6) is 0 Å². The summed E-state index contributed by atoms with van der Waals surface area (Å²) in [7, 11) is 4.60. The first-order valence-electron chi connectivity index (χ1n) is 17.2. The van der Waals surface area contributed by atoms with Crippen molar-refractivity contribution in [3.05, 3.63) is 167 Å². The average molecular weight is 613 g/mol. The highest BCUT2D eigenvalue weighted by Gasteiger charge is 2.47. The molecule has 0 amide bonds. The first-order chi connectivity index (χ1) is 22.9. The van der Waals surface area contributed by atoms with Gasteiger partial charge in [0.1, 0.15) is 0 Å².